The van der Waals surface area contributed by atoms with E-state index in [2.05, 4.69) is 157 Å². The van der Waals surface area contributed by atoms with Gasteiger partial charge in [-0.05, 0) is 99.8 Å². The highest BCUT2D eigenvalue weighted by atomic mass is 16.3. The molecule has 0 bridgehead atoms. The normalized spacial score (nSPS) is 11.7. The van der Waals surface area contributed by atoms with E-state index in [-0.39, 0.29) is 0 Å². The number of fused-ring (bicyclic) bond motifs is 8. The van der Waals surface area contributed by atoms with Crippen molar-refractivity contribution >= 4 is 71.7 Å². The van der Waals surface area contributed by atoms with Gasteiger partial charge >= 0.3 is 0 Å². The summed E-state index contributed by atoms with van der Waals surface area (Å²) in [7, 11) is 0. The average molecular weight is 628 g/mol. The summed E-state index contributed by atoms with van der Waals surface area (Å²) in [5.41, 5.74) is 11.6. The lowest BCUT2D eigenvalue weighted by atomic mass is 9.98. The summed E-state index contributed by atoms with van der Waals surface area (Å²) in [4.78, 5) is 2.32. The molecule has 230 valence electrons. The summed E-state index contributed by atoms with van der Waals surface area (Å²) in [5.74, 6) is 0. The highest BCUT2D eigenvalue weighted by Gasteiger charge is 2.17. The van der Waals surface area contributed by atoms with Crippen molar-refractivity contribution in [3.63, 3.8) is 0 Å². The maximum absolute atomic E-state index is 6.17. The van der Waals surface area contributed by atoms with Crippen LogP contribution in [-0.4, -0.2) is 0 Å². The molecular weight excluding hydrogens is 599 g/mol. The second-order valence-electron chi connectivity index (χ2n) is 12.5. The zero-order valence-electron chi connectivity index (χ0n) is 26.5. The predicted molar refractivity (Wildman–Crippen MR) is 204 cm³/mol. The van der Waals surface area contributed by atoms with Crippen molar-refractivity contribution in [2.45, 2.75) is 0 Å². The van der Waals surface area contributed by atoms with Gasteiger partial charge in [0.1, 0.15) is 22.3 Å². The molecule has 10 rings (SSSR count). The Bertz CT molecular complexity index is 2810. The van der Waals surface area contributed by atoms with E-state index in [1.165, 1.54) is 38.4 Å². The minimum Gasteiger partial charge on any atom is -0.456 e. The van der Waals surface area contributed by atoms with Crippen LogP contribution in [0.3, 0.4) is 0 Å². The minimum atomic E-state index is 0.886. The van der Waals surface area contributed by atoms with E-state index in [0.29, 0.717) is 0 Å². The van der Waals surface area contributed by atoms with E-state index < -0.39 is 0 Å². The SMILES string of the molecule is c1ccc(-c2ccc(N(c3ccc(-c4ccc5c(ccc6oc7ccccc7c65)c4)cc3)c3ccc4oc5ccccc5c4c3)cc2)cc1. The Balaban J connectivity index is 1.07. The van der Waals surface area contributed by atoms with Crippen molar-refractivity contribution in [2.24, 2.45) is 0 Å². The first kappa shape index (κ1) is 27.5. The molecule has 0 spiro atoms. The van der Waals surface area contributed by atoms with E-state index in [1.807, 2.05) is 24.3 Å². The van der Waals surface area contributed by atoms with Gasteiger partial charge in [0.25, 0.3) is 0 Å². The molecule has 0 radical (unpaired) electrons. The van der Waals surface area contributed by atoms with Crippen LogP contribution in [0.5, 0.6) is 0 Å². The lowest BCUT2D eigenvalue weighted by Crippen LogP contribution is -2.09. The van der Waals surface area contributed by atoms with Crippen LogP contribution in [0.15, 0.2) is 185 Å². The average Bonchev–Trinajstić information content (AvgIpc) is 3.74. The van der Waals surface area contributed by atoms with Crippen LogP contribution in [0.4, 0.5) is 17.1 Å². The third-order valence-corrected chi connectivity index (χ3v) is 9.67. The van der Waals surface area contributed by atoms with E-state index in [9.17, 15) is 0 Å². The maximum Gasteiger partial charge on any atom is 0.136 e. The predicted octanol–water partition coefficient (Wildman–Crippen LogP) is 13.4. The summed E-state index contributed by atoms with van der Waals surface area (Å²) in [6.45, 7) is 0. The topological polar surface area (TPSA) is 29.5 Å². The molecule has 0 fully saturated rings. The van der Waals surface area contributed by atoms with Crippen LogP contribution in [0.25, 0.3) is 76.9 Å². The molecule has 0 aliphatic carbocycles. The fraction of sp³-hybridized carbons (Fsp3) is 0. The molecular formula is C46H29NO2. The van der Waals surface area contributed by atoms with Crippen LogP contribution in [0.2, 0.25) is 0 Å². The fourth-order valence-electron chi connectivity index (χ4n) is 7.27. The van der Waals surface area contributed by atoms with Gasteiger partial charge in [-0.25, -0.2) is 0 Å². The molecule has 0 unspecified atom stereocenters. The molecule has 2 aromatic heterocycles. The number of hydrogen-bond acceptors (Lipinski definition) is 3. The first-order chi connectivity index (χ1) is 24.3. The van der Waals surface area contributed by atoms with Gasteiger partial charge in [0.15, 0.2) is 0 Å². The Morgan fingerprint density at radius 2 is 0.837 bits per heavy atom. The molecule has 0 saturated carbocycles. The van der Waals surface area contributed by atoms with E-state index in [1.54, 1.807) is 0 Å². The third kappa shape index (κ3) is 4.59. The van der Waals surface area contributed by atoms with Crippen LogP contribution in [0, 0.1) is 0 Å². The second kappa shape index (κ2) is 11.0. The Hall–Kier alpha value is -6.58. The minimum absolute atomic E-state index is 0.886. The van der Waals surface area contributed by atoms with Gasteiger partial charge in [-0.15, -0.1) is 0 Å². The highest BCUT2D eigenvalue weighted by Crippen LogP contribution is 2.41. The van der Waals surface area contributed by atoms with Gasteiger partial charge in [0, 0.05) is 38.6 Å². The van der Waals surface area contributed by atoms with Gasteiger partial charge in [0.05, 0.1) is 0 Å². The molecule has 0 aliphatic rings. The number of rotatable bonds is 5. The number of para-hydroxylation sites is 2. The number of benzene rings is 8. The highest BCUT2D eigenvalue weighted by molar-refractivity contribution is 6.19. The van der Waals surface area contributed by atoms with E-state index in [0.717, 1.165) is 55.6 Å². The Morgan fingerprint density at radius 3 is 1.59 bits per heavy atom. The van der Waals surface area contributed by atoms with Crippen LogP contribution in [-0.2, 0) is 0 Å². The molecule has 0 aliphatic heterocycles. The van der Waals surface area contributed by atoms with Gasteiger partial charge in [-0.1, -0.05) is 109 Å². The van der Waals surface area contributed by atoms with Gasteiger partial charge in [-0.3, -0.25) is 0 Å². The molecule has 2 heterocycles. The van der Waals surface area contributed by atoms with Gasteiger partial charge in [-0.2, -0.15) is 0 Å². The zero-order chi connectivity index (χ0) is 32.3. The molecule has 10 aromatic rings. The lowest BCUT2D eigenvalue weighted by Gasteiger charge is -2.26. The van der Waals surface area contributed by atoms with E-state index in [4.69, 9.17) is 8.83 Å². The Morgan fingerprint density at radius 1 is 0.306 bits per heavy atom. The maximum atomic E-state index is 6.17. The quantitative estimate of drug-likeness (QED) is 0.190. The molecule has 3 nitrogen and oxygen atoms in total. The number of nitrogens with zero attached hydrogens (tertiary/aromatic N) is 1. The largest absolute Gasteiger partial charge is 0.456 e. The van der Waals surface area contributed by atoms with Crippen molar-refractivity contribution in [1.29, 1.82) is 0 Å². The molecule has 49 heavy (non-hydrogen) atoms. The first-order valence-electron chi connectivity index (χ1n) is 16.6. The van der Waals surface area contributed by atoms with E-state index >= 15 is 0 Å². The fourth-order valence-corrected chi connectivity index (χ4v) is 7.27. The van der Waals surface area contributed by atoms with Crippen LogP contribution >= 0.6 is 0 Å². The van der Waals surface area contributed by atoms with Crippen molar-refractivity contribution in [2.75, 3.05) is 4.90 Å². The van der Waals surface area contributed by atoms with Crippen LogP contribution < -0.4 is 4.90 Å². The number of hydrogen-bond donors (Lipinski definition) is 0. The molecule has 0 atom stereocenters. The summed E-state index contributed by atoms with van der Waals surface area (Å²) >= 11 is 0. The standard InChI is InChI=1S/C46H29NO2/c1-2-8-30(9-3-1)31-14-20-35(21-15-31)47(37-24-27-44-41(29-37)39-10-4-6-12-42(39)48-44)36-22-16-32(17-23-36)33-18-25-38-34(28-33)19-26-45-46(38)40-11-5-7-13-43(40)49-45/h1-29H. The Labute approximate surface area is 282 Å². The smallest absolute Gasteiger partial charge is 0.136 e. The number of anilines is 3. The monoisotopic (exact) mass is 627 g/mol. The summed E-state index contributed by atoms with van der Waals surface area (Å²) in [6, 6.07) is 62.2. The molecule has 3 heteroatoms. The van der Waals surface area contributed by atoms with Crippen molar-refractivity contribution in [3.8, 4) is 22.3 Å². The molecule has 0 saturated heterocycles. The summed E-state index contributed by atoms with van der Waals surface area (Å²) < 4.78 is 12.3. The van der Waals surface area contributed by atoms with Gasteiger partial charge < -0.3 is 13.7 Å². The van der Waals surface area contributed by atoms with Gasteiger partial charge in [0.2, 0.25) is 0 Å². The molecule has 0 N–H and O–H groups in total. The Kier molecular flexibility index (Phi) is 6.18. The molecule has 8 aromatic carbocycles. The van der Waals surface area contributed by atoms with Crippen molar-refractivity contribution in [1.82, 2.24) is 0 Å². The zero-order valence-corrected chi connectivity index (χ0v) is 26.5. The number of furan rings is 2. The first-order valence-corrected chi connectivity index (χ1v) is 16.6. The van der Waals surface area contributed by atoms with Crippen molar-refractivity contribution in [3.05, 3.63) is 176 Å². The van der Waals surface area contributed by atoms with Crippen molar-refractivity contribution < 1.29 is 8.83 Å². The van der Waals surface area contributed by atoms with Crippen LogP contribution in [0.1, 0.15) is 0 Å². The second-order valence-corrected chi connectivity index (χ2v) is 12.5. The summed E-state index contributed by atoms with van der Waals surface area (Å²) in [6.07, 6.45) is 0. The molecule has 0 amide bonds. The third-order valence-electron chi connectivity index (χ3n) is 9.67. The summed E-state index contributed by atoms with van der Waals surface area (Å²) in [5, 5.41) is 6.94. The lowest BCUT2D eigenvalue weighted by molar-refractivity contribution is 0.668.